The molecule has 1 rings (SSSR count). The Morgan fingerprint density at radius 2 is 2.00 bits per heavy atom. The van der Waals surface area contributed by atoms with Crippen molar-refractivity contribution in [1.82, 2.24) is 8.61 Å². The molecule has 1 aliphatic rings. The van der Waals surface area contributed by atoms with Crippen LogP contribution in [0, 0.1) is 11.3 Å². The molecule has 1 unspecified atom stereocenters. The van der Waals surface area contributed by atoms with E-state index in [0.29, 0.717) is 19.6 Å². The maximum Gasteiger partial charge on any atom is 0.281 e. The van der Waals surface area contributed by atoms with E-state index in [9.17, 15) is 8.42 Å². The van der Waals surface area contributed by atoms with Gasteiger partial charge in [-0.2, -0.15) is 17.0 Å². The van der Waals surface area contributed by atoms with Gasteiger partial charge in [0.15, 0.2) is 0 Å². The average Bonchev–Trinajstić information content (AvgIpc) is 2.78. The maximum absolute atomic E-state index is 12.3. The van der Waals surface area contributed by atoms with Crippen LogP contribution in [-0.2, 0) is 10.2 Å². The fourth-order valence-electron chi connectivity index (χ4n) is 1.87. The van der Waals surface area contributed by atoms with E-state index in [1.807, 2.05) is 0 Å². The van der Waals surface area contributed by atoms with Crippen molar-refractivity contribution >= 4 is 16.0 Å². The zero-order valence-electron chi connectivity index (χ0n) is 10.5. The molecule has 1 atom stereocenters. The summed E-state index contributed by atoms with van der Waals surface area (Å²) in [5.74, 6) is -0.215. The Labute approximate surface area is 103 Å². The van der Waals surface area contributed by atoms with Crippen LogP contribution in [0.4, 0.5) is 0 Å². The predicted octanol–water partition coefficient (Wildman–Crippen LogP) is 0.221. The predicted molar refractivity (Wildman–Crippen MR) is 68.1 cm³/mol. The van der Waals surface area contributed by atoms with Crippen LogP contribution in [0.2, 0.25) is 0 Å². The molecule has 0 aromatic carbocycles. The van der Waals surface area contributed by atoms with Crippen molar-refractivity contribution in [2.24, 2.45) is 11.7 Å². The van der Waals surface area contributed by atoms with Gasteiger partial charge < -0.3 is 5.73 Å². The quantitative estimate of drug-likeness (QED) is 0.530. The number of nitrogens with zero attached hydrogens (tertiary/aromatic N) is 2. The van der Waals surface area contributed by atoms with E-state index in [1.54, 1.807) is 13.8 Å². The van der Waals surface area contributed by atoms with Crippen LogP contribution in [-0.4, -0.2) is 49.0 Å². The van der Waals surface area contributed by atoms with E-state index in [2.05, 4.69) is 0 Å². The van der Waals surface area contributed by atoms with Crippen molar-refractivity contribution in [3.8, 4) is 0 Å². The molecule has 0 amide bonds. The second-order valence-electron chi connectivity index (χ2n) is 4.42. The Balaban J connectivity index is 2.75. The summed E-state index contributed by atoms with van der Waals surface area (Å²) in [7, 11) is -3.36. The number of hydrogen-bond acceptors (Lipinski definition) is 3. The van der Waals surface area contributed by atoms with Gasteiger partial charge >= 0.3 is 0 Å². The number of nitrogens with two attached hydrogens (primary N) is 1. The maximum atomic E-state index is 12.3. The molecule has 7 heteroatoms. The lowest BCUT2D eigenvalue weighted by atomic mass is 10.1. The SMILES string of the molecule is CCN(CC(C)C(=N)N)S(=O)(=O)N1CCCC1. The van der Waals surface area contributed by atoms with Crippen LogP contribution in [0.3, 0.4) is 0 Å². The summed E-state index contributed by atoms with van der Waals surface area (Å²) in [6.07, 6.45) is 1.86. The summed E-state index contributed by atoms with van der Waals surface area (Å²) in [6, 6.07) is 0. The van der Waals surface area contributed by atoms with Crippen LogP contribution in [0.25, 0.3) is 0 Å². The van der Waals surface area contributed by atoms with Crippen molar-refractivity contribution in [3.05, 3.63) is 0 Å². The summed E-state index contributed by atoms with van der Waals surface area (Å²) in [5, 5.41) is 7.33. The number of amidine groups is 1. The van der Waals surface area contributed by atoms with E-state index in [1.165, 1.54) is 8.61 Å². The lowest BCUT2D eigenvalue weighted by molar-refractivity contribution is 0.355. The van der Waals surface area contributed by atoms with E-state index < -0.39 is 10.2 Å². The Hall–Kier alpha value is -0.660. The molecule has 0 saturated carbocycles. The molecule has 0 spiro atoms. The van der Waals surface area contributed by atoms with Crippen molar-refractivity contribution in [2.45, 2.75) is 26.7 Å². The Morgan fingerprint density at radius 3 is 2.41 bits per heavy atom. The lowest BCUT2D eigenvalue weighted by Crippen LogP contribution is -2.45. The zero-order valence-corrected chi connectivity index (χ0v) is 11.3. The Bertz CT molecular complexity index is 363. The first kappa shape index (κ1) is 14.4. The third-order valence-corrected chi connectivity index (χ3v) is 5.16. The Kier molecular flexibility index (Phi) is 4.91. The second kappa shape index (κ2) is 5.79. The number of nitrogens with one attached hydrogen (secondary N) is 1. The molecule has 17 heavy (non-hydrogen) atoms. The van der Waals surface area contributed by atoms with Crippen LogP contribution in [0.1, 0.15) is 26.7 Å². The molecule has 0 bridgehead atoms. The third kappa shape index (κ3) is 3.40. The number of hydrogen-bond donors (Lipinski definition) is 2. The summed E-state index contributed by atoms with van der Waals surface area (Å²) < 4.78 is 27.4. The van der Waals surface area contributed by atoms with E-state index >= 15 is 0 Å². The summed E-state index contributed by atoms with van der Waals surface area (Å²) in [6.45, 7) is 5.48. The van der Waals surface area contributed by atoms with Crippen LogP contribution in [0.5, 0.6) is 0 Å². The second-order valence-corrected chi connectivity index (χ2v) is 6.35. The van der Waals surface area contributed by atoms with E-state index in [4.69, 9.17) is 11.1 Å². The molecule has 6 nitrogen and oxygen atoms in total. The minimum atomic E-state index is -3.36. The van der Waals surface area contributed by atoms with Gasteiger partial charge in [0.1, 0.15) is 0 Å². The first-order chi connectivity index (χ1) is 7.89. The molecule has 0 aromatic heterocycles. The lowest BCUT2D eigenvalue weighted by Gasteiger charge is -2.27. The molecule has 1 fully saturated rings. The van der Waals surface area contributed by atoms with Gasteiger partial charge in [-0.15, -0.1) is 0 Å². The topological polar surface area (TPSA) is 90.5 Å². The van der Waals surface area contributed by atoms with Gasteiger partial charge in [-0.1, -0.05) is 13.8 Å². The summed E-state index contributed by atoms with van der Waals surface area (Å²) >= 11 is 0. The molecule has 3 N–H and O–H groups in total. The van der Waals surface area contributed by atoms with Gasteiger partial charge in [-0.05, 0) is 12.8 Å². The molecule has 0 aliphatic carbocycles. The van der Waals surface area contributed by atoms with Crippen molar-refractivity contribution < 1.29 is 8.42 Å². The monoisotopic (exact) mass is 262 g/mol. The van der Waals surface area contributed by atoms with Gasteiger partial charge in [-0.3, -0.25) is 5.41 Å². The van der Waals surface area contributed by atoms with Gasteiger partial charge in [-0.25, -0.2) is 0 Å². The van der Waals surface area contributed by atoms with E-state index in [-0.39, 0.29) is 18.3 Å². The molecule has 1 saturated heterocycles. The minimum Gasteiger partial charge on any atom is -0.387 e. The molecular formula is C10H22N4O2S. The van der Waals surface area contributed by atoms with Crippen molar-refractivity contribution in [1.29, 1.82) is 5.41 Å². The first-order valence-electron chi connectivity index (χ1n) is 5.98. The summed E-state index contributed by atoms with van der Waals surface area (Å²) in [4.78, 5) is 0. The minimum absolute atomic E-state index is 0.0278. The fraction of sp³-hybridized carbons (Fsp3) is 0.900. The standard InChI is InChI=1S/C10H22N4O2S/c1-3-13(8-9(2)10(11)12)17(15,16)14-6-4-5-7-14/h9H,3-8H2,1-2H3,(H3,11,12). The van der Waals surface area contributed by atoms with Crippen LogP contribution in [0.15, 0.2) is 0 Å². The highest BCUT2D eigenvalue weighted by molar-refractivity contribution is 7.86. The van der Waals surface area contributed by atoms with E-state index in [0.717, 1.165) is 12.8 Å². The highest BCUT2D eigenvalue weighted by Gasteiger charge is 2.31. The normalized spacial score (nSPS) is 19.7. The van der Waals surface area contributed by atoms with Crippen molar-refractivity contribution in [2.75, 3.05) is 26.2 Å². The Morgan fingerprint density at radius 1 is 1.47 bits per heavy atom. The third-order valence-electron chi connectivity index (χ3n) is 3.08. The molecular weight excluding hydrogens is 240 g/mol. The zero-order chi connectivity index (χ0) is 13.1. The van der Waals surface area contributed by atoms with Gasteiger partial charge in [0, 0.05) is 32.1 Å². The highest BCUT2D eigenvalue weighted by Crippen LogP contribution is 2.17. The fourth-order valence-corrected chi connectivity index (χ4v) is 3.66. The molecule has 100 valence electrons. The van der Waals surface area contributed by atoms with Crippen molar-refractivity contribution in [3.63, 3.8) is 0 Å². The molecule has 0 aromatic rings. The number of rotatable bonds is 6. The largest absolute Gasteiger partial charge is 0.387 e. The highest BCUT2D eigenvalue weighted by atomic mass is 32.2. The smallest absolute Gasteiger partial charge is 0.281 e. The molecule has 1 aliphatic heterocycles. The van der Waals surface area contributed by atoms with Gasteiger partial charge in [0.2, 0.25) is 0 Å². The van der Waals surface area contributed by atoms with Crippen LogP contribution >= 0.6 is 0 Å². The van der Waals surface area contributed by atoms with Gasteiger partial charge in [0.05, 0.1) is 5.84 Å². The average molecular weight is 262 g/mol. The van der Waals surface area contributed by atoms with Gasteiger partial charge in [0.25, 0.3) is 10.2 Å². The molecule has 0 radical (unpaired) electrons. The summed E-state index contributed by atoms with van der Waals surface area (Å²) in [5.41, 5.74) is 5.38. The molecule has 1 heterocycles. The first-order valence-corrected chi connectivity index (χ1v) is 7.38. The van der Waals surface area contributed by atoms with Crippen LogP contribution < -0.4 is 5.73 Å².